The minimum absolute atomic E-state index is 0.299. The number of aliphatic hydroxyl groups is 1. The number of carbonyl (C=O) groups is 1. The fraction of sp³-hybridized carbons (Fsp3) is 0.364. The summed E-state index contributed by atoms with van der Waals surface area (Å²) >= 11 is 0. The van der Waals surface area contributed by atoms with Crippen LogP contribution in [-0.4, -0.2) is 36.3 Å². The molecule has 0 aromatic heterocycles. The third-order valence-electron chi connectivity index (χ3n) is 2.14. The molecule has 1 unspecified atom stereocenters. The van der Waals surface area contributed by atoms with Crippen molar-refractivity contribution in [3.63, 3.8) is 0 Å². The van der Waals surface area contributed by atoms with Gasteiger partial charge in [0.15, 0.2) is 0 Å². The number of aliphatic hydroxyl groups excluding tert-OH is 1. The van der Waals surface area contributed by atoms with Crippen molar-refractivity contribution in [2.24, 2.45) is 0 Å². The van der Waals surface area contributed by atoms with E-state index in [-0.39, 0.29) is 0 Å². The van der Waals surface area contributed by atoms with Crippen LogP contribution in [0, 0.1) is 0 Å². The van der Waals surface area contributed by atoms with Crippen molar-refractivity contribution < 1.29 is 14.7 Å². The van der Waals surface area contributed by atoms with Gasteiger partial charge in [0.2, 0.25) is 0 Å². The van der Waals surface area contributed by atoms with Crippen LogP contribution in [0.25, 0.3) is 0 Å². The molecule has 0 saturated heterocycles. The van der Waals surface area contributed by atoms with Gasteiger partial charge in [0.05, 0.1) is 7.11 Å². The van der Waals surface area contributed by atoms with Gasteiger partial charge in [-0.3, -0.25) is 9.63 Å². The average Bonchev–Trinajstić information content (AvgIpc) is 2.28. The molecule has 0 bridgehead atoms. The molecule has 15 heavy (non-hydrogen) atoms. The third kappa shape index (κ3) is 3.34. The molecule has 1 rings (SSSR count). The van der Waals surface area contributed by atoms with Crippen LogP contribution in [0.1, 0.15) is 5.56 Å². The van der Waals surface area contributed by atoms with Gasteiger partial charge < -0.3 is 5.11 Å². The van der Waals surface area contributed by atoms with E-state index in [1.807, 2.05) is 30.3 Å². The zero-order chi connectivity index (χ0) is 11.3. The number of hydroxylamine groups is 2. The zero-order valence-corrected chi connectivity index (χ0v) is 8.88. The molecule has 0 spiro atoms. The molecule has 4 heteroatoms. The summed E-state index contributed by atoms with van der Waals surface area (Å²) in [5.74, 6) is -0.443. The van der Waals surface area contributed by atoms with Gasteiger partial charge in [-0.1, -0.05) is 30.3 Å². The van der Waals surface area contributed by atoms with Gasteiger partial charge in [-0.25, -0.2) is 5.06 Å². The largest absolute Gasteiger partial charge is 0.383 e. The quantitative estimate of drug-likeness (QED) is 0.739. The number of nitrogens with zero attached hydrogens (tertiary/aromatic N) is 1. The predicted octanol–water partition coefficient (Wildman–Crippen LogP) is 0.610. The number of hydrogen-bond donors (Lipinski definition) is 1. The second-order valence-electron chi connectivity index (χ2n) is 3.22. The van der Waals surface area contributed by atoms with Gasteiger partial charge in [-0.15, -0.1) is 0 Å². The SMILES string of the molecule is CON(C)C(=O)C(O)Cc1ccccc1. The number of likely N-dealkylation sites (N-methyl/N-ethyl adjacent to an activating group) is 1. The first-order valence-corrected chi connectivity index (χ1v) is 4.69. The molecule has 0 heterocycles. The fourth-order valence-corrected chi connectivity index (χ4v) is 1.22. The highest BCUT2D eigenvalue weighted by Crippen LogP contribution is 2.04. The Morgan fingerprint density at radius 2 is 2.07 bits per heavy atom. The molecule has 0 aliphatic carbocycles. The van der Waals surface area contributed by atoms with Crippen molar-refractivity contribution in [3.05, 3.63) is 35.9 Å². The van der Waals surface area contributed by atoms with E-state index in [1.54, 1.807) is 0 Å². The maximum atomic E-state index is 11.4. The number of hydrogen-bond acceptors (Lipinski definition) is 3. The van der Waals surface area contributed by atoms with E-state index < -0.39 is 12.0 Å². The Hall–Kier alpha value is -1.39. The lowest BCUT2D eigenvalue weighted by Crippen LogP contribution is -2.36. The van der Waals surface area contributed by atoms with Crippen LogP contribution in [0.2, 0.25) is 0 Å². The Kier molecular flexibility index (Phi) is 4.27. The van der Waals surface area contributed by atoms with Crippen LogP contribution >= 0.6 is 0 Å². The van der Waals surface area contributed by atoms with Gasteiger partial charge >= 0.3 is 0 Å². The first-order valence-electron chi connectivity index (χ1n) is 4.69. The van der Waals surface area contributed by atoms with Gasteiger partial charge in [0, 0.05) is 13.5 Å². The molecule has 0 radical (unpaired) electrons. The number of rotatable bonds is 4. The summed E-state index contributed by atoms with van der Waals surface area (Å²) in [6.45, 7) is 0. The van der Waals surface area contributed by atoms with Crippen LogP contribution in [0.3, 0.4) is 0 Å². The lowest BCUT2D eigenvalue weighted by atomic mass is 10.1. The van der Waals surface area contributed by atoms with E-state index in [9.17, 15) is 9.90 Å². The van der Waals surface area contributed by atoms with Crippen molar-refractivity contribution in [3.8, 4) is 0 Å². The predicted molar refractivity (Wildman–Crippen MR) is 55.9 cm³/mol. The first-order chi connectivity index (χ1) is 7.15. The third-order valence-corrected chi connectivity index (χ3v) is 2.14. The summed E-state index contributed by atoms with van der Waals surface area (Å²) in [6, 6.07) is 9.35. The van der Waals surface area contributed by atoms with Gasteiger partial charge in [0.25, 0.3) is 5.91 Å². The highest BCUT2D eigenvalue weighted by atomic mass is 16.7. The average molecular weight is 209 g/mol. The van der Waals surface area contributed by atoms with Crippen LogP contribution in [-0.2, 0) is 16.1 Å². The molecule has 1 amide bonds. The molecule has 0 aliphatic rings. The van der Waals surface area contributed by atoms with Crippen LogP contribution < -0.4 is 0 Å². The Morgan fingerprint density at radius 3 is 2.60 bits per heavy atom. The van der Waals surface area contributed by atoms with E-state index >= 15 is 0 Å². The highest BCUT2D eigenvalue weighted by Gasteiger charge is 2.19. The smallest absolute Gasteiger partial charge is 0.274 e. The summed E-state index contributed by atoms with van der Waals surface area (Å²) in [7, 11) is 2.85. The molecule has 0 fully saturated rings. The summed E-state index contributed by atoms with van der Waals surface area (Å²) in [6.07, 6.45) is -0.759. The standard InChI is InChI=1S/C11H15NO3/c1-12(15-2)11(14)10(13)8-9-6-4-3-5-7-9/h3-7,10,13H,8H2,1-2H3. The van der Waals surface area contributed by atoms with E-state index in [1.165, 1.54) is 14.2 Å². The van der Waals surface area contributed by atoms with Crippen molar-refractivity contribution in [2.75, 3.05) is 14.2 Å². The second-order valence-corrected chi connectivity index (χ2v) is 3.22. The Labute approximate surface area is 89.0 Å². The number of carbonyl (C=O) groups excluding carboxylic acids is 1. The highest BCUT2D eigenvalue weighted by molar-refractivity contribution is 5.79. The Bertz CT molecular complexity index is 313. The summed E-state index contributed by atoms with van der Waals surface area (Å²) in [5, 5.41) is 10.6. The first kappa shape index (κ1) is 11.7. The molecule has 1 aromatic rings. The molecule has 82 valence electrons. The maximum absolute atomic E-state index is 11.4. The van der Waals surface area contributed by atoms with Crippen LogP contribution in [0.4, 0.5) is 0 Å². The van der Waals surface area contributed by atoms with E-state index in [4.69, 9.17) is 4.84 Å². The minimum atomic E-state index is -1.06. The second kappa shape index (κ2) is 5.48. The molecular weight excluding hydrogens is 194 g/mol. The van der Waals surface area contributed by atoms with Gasteiger partial charge in [-0.2, -0.15) is 0 Å². The summed E-state index contributed by atoms with van der Waals surface area (Å²) in [4.78, 5) is 16.1. The zero-order valence-electron chi connectivity index (χ0n) is 8.88. The maximum Gasteiger partial charge on any atom is 0.274 e. The van der Waals surface area contributed by atoms with E-state index in [0.29, 0.717) is 6.42 Å². The Morgan fingerprint density at radius 1 is 1.47 bits per heavy atom. The number of benzene rings is 1. The topological polar surface area (TPSA) is 49.8 Å². The monoisotopic (exact) mass is 209 g/mol. The summed E-state index contributed by atoms with van der Waals surface area (Å²) in [5.41, 5.74) is 0.919. The van der Waals surface area contributed by atoms with Crippen molar-refractivity contribution >= 4 is 5.91 Å². The van der Waals surface area contributed by atoms with Gasteiger partial charge in [-0.05, 0) is 5.56 Å². The van der Waals surface area contributed by atoms with Crippen LogP contribution in [0.5, 0.6) is 0 Å². The lowest BCUT2D eigenvalue weighted by Gasteiger charge is -2.17. The molecule has 1 atom stereocenters. The molecule has 0 saturated carbocycles. The fourth-order valence-electron chi connectivity index (χ4n) is 1.22. The van der Waals surface area contributed by atoms with Crippen LogP contribution in [0.15, 0.2) is 30.3 Å². The van der Waals surface area contributed by atoms with E-state index in [0.717, 1.165) is 10.6 Å². The van der Waals surface area contributed by atoms with Gasteiger partial charge in [0.1, 0.15) is 6.10 Å². The molecule has 1 N–H and O–H groups in total. The molecule has 4 nitrogen and oxygen atoms in total. The van der Waals surface area contributed by atoms with Crippen molar-refractivity contribution in [1.82, 2.24) is 5.06 Å². The normalized spacial score (nSPS) is 12.2. The summed E-state index contributed by atoms with van der Waals surface area (Å²) < 4.78 is 0. The minimum Gasteiger partial charge on any atom is -0.383 e. The Balaban J connectivity index is 2.56. The van der Waals surface area contributed by atoms with E-state index in [2.05, 4.69) is 0 Å². The lowest BCUT2D eigenvalue weighted by molar-refractivity contribution is -0.177. The van der Waals surface area contributed by atoms with Crippen molar-refractivity contribution in [2.45, 2.75) is 12.5 Å². The molecular formula is C11H15NO3. The molecule has 1 aromatic carbocycles. The molecule has 0 aliphatic heterocycles. The van der Waals surface area contributed by atoms with Crippen molar-refractivity contribution in [1.29, 1.82) is 0 Å². The number of amides is 1.